The predicted octanol–water partition coefficient (Wildman–Crippen LogP) is 4.64. The fourth-order valence-electron chi connectivity index (χ4n) is 1.97. The summed E-state index contributed by atoms with van der Waals surface area (Å²) in [5, 5.41) is 10.0. The number of hydrogen-bond acceptors (Lipinski definition) is 3. The zero-order valence-electron chi connectivity index (χ0n) is 10.7. The molecule has 1 heterocycles. The number of carbonyl (C=O) groups is 1. The van der Waals surface area contributed by atoms with E-state index in [-0.39, 0.29) is 5.78 Å². The summed E-state index contributed by atoms with van der Waals surface area (Å²) in [6.07, 6.45) is 2.04. The van der Waals surface area contributed by atoms with E-state index < -0.39 is 5.92 Å². The van der Waals surface area contributed by atoms with Crippen LogP contribution in [0, 0.1) is 11.3 Å². The number of carbonyl (C=O) groups excluding carboxylic acids is 1. The van der Waals surface area contributed by atoms with Gasteiger partial charge in [0.25, 0.3) is 0 Å². The van der Waals surface area contributed by atoms with Gasteiger partial charge in [-0.2, -0.15) is 5.26 Å². The van der Waals surface area contributed by atoms with Gasteiger partial charge in [-0.3, -0.25) is 4.79 Å². The number of ketones is 1. The van der Waals surface area contributed by atoms with E-state index in [0.29, 0.717) is 33.4 Å². The Morgan fingerprint density at radius 3 is 2.70 bits per heavy atom. The zero-order valence-corrected chi connectivity index (χ0v) is 12.2. The number of hydrogen-bond donors (Lipinski definition) is 0. The van der Waals surface area contributed by atoms with Crippen molar-refractivity contribution in [3.05, 3.63) is 57.5 Å². The lowest BCUT2D eigenvalue weighted by molar-refractivity contribution is 0.0977. The number of benzene rings is 1. The fourth-order valence-corrected chi connectivity index (χ4v) is 2.27. The highest BCUT2D eigenvalue weighted by molar-refractivity contribution is 6.42. The molecule has 2 rings (SSSR count). The van der Waals surface area contributed by atoms with Gasteiger partial charge in [-0.1, -0.05) is 36.2 Å². The Hall–Kier alpha value is -1.76. The van der Waals surface area contributed by atoms with Gasteiger partial charge < -0.3 is 4.42 Å². The zero-order chi connectivity index (χ0) is 14.7. The third kappa shape index (κ3) is 2.72. The molecule has 20 heavy (non-hydrogen) atoms. The summed E-state index contributed by atoms with van der Waals surface area (Å²) in [6, 6.07) is 8.35. The summed E-state index contributed by atoms with van der Waals surface area (Å²) in [5.74, 6) is -0.639. The van der Waals surface area contributed by atoms with Crippen molar-refractivity contribution in [3.63, 3.8) is 0 Å². The molecule has 0 aliphatic carbocycles. The molecule has 0 saturated heterocycles. The van der Waals surface area contributed by atoms with Crippen molar-refractivity contribution in [1.82, 2.24) is 0 Å². The molecule has 0 fully saturated rings. The van der Waals surface area contributed by atoms with Crippen LogP contribution in [-0.4, -0.2) is 5.78 Å². The molecule has 1 unspecified atom stereocenters. The molecule has 0 radical (unpaired) electrons. The standard InChI is InChI=1S/C15H11Cl2NO2/c1-2-14-10(5-6-20-14)15(19)11(8-18)9-3-4-12(16)13(17)7-9/h3-7,11H,2H2,1H3. The molecule has 1 aromatic heterocycles. The van der Waals surface area contributed by atoms with Gasteiger partial charge in [0, 0.05) is 6.42 Å². The molecule has 0 bridgehead atoms. The largest absolute Gasteiger partial charge is 0.469 e. The van der Waals surface area contributed by atoms with Crippen molar-refractivity contribution in [3.8, 4) is 6.07 Å². The topological polar surface area (TPSA) is 54.0 Å². The van der Waals surface area contributed by atoms with Crippen LogP contribution >= 0.6 is 23.2 Å². The molecule has 0 spiro atoms. The molecule has 1 atom stereocenters. The first-order chi connectivity index (χ1) is 9.58. The quantitative estimate of drug-likeness (QED) is 0.773. The first-order valence-electron chi connectivity index (χ1n) is 6.03. The Bertz CT molecular complexity index is 685. The highest BCUT2D eigenvalue weighted by Gasteiger charge is 2.25. The minimum Gasteiger partial charge on any atom is -0.469 e. The number of nitrogens with zero attached hydrogens (tertiary/aromatic N) is 1. The Balaban J connectivity index is 2.40. The van der Waals surface area contributed by atoms with Crippen molar-refractivity contribution in [1.29, 1.82) is 5.26 Å². The molecule has 0 aliphatic heterocycles. The van der Waals surface area contributed by atoms with Crippen molar-refractivity contribution in [2.24, 2.45) is 0 Å². The van der Waals surface area contributed by atoms with Gasteiger partial charge in [0.15, 0.2) is 5.78 Å². The van der Waals surface area contributed by atoms with Crippen molar-refractivity contribution >= 4 is 29.0 Å². The van der Waals surface area contributed by atoms with Gasteiger partial charge in [0.1, 0.15) is 11.7 Å². The molecule has 0 N–H and O–H groups in total. The summed E-state index contributed by atoms with van der Waals surface area (Å²) in [7, 11) is 0. The van der Waals surface area contributed by atoms with Gasteiger partial charge in [0.05, 0.1) is 27.9 Å². The lowest BCUT2D eigenvalue weighted by Crippen LogP contribution is -2.12. The average molecular weight is 308 g/mol. The summed E-state index contributed by atoms with van der Waals surface area (Å²) in [6.45, 7) is 1.89. The second-order valence-electron chi connectivity index (χ2n) is 4.21. The van der Waals surface area contributed by atoms with E-state index in [1.165, 1.54) is 6.26 Å². The maximum absolute atomic E-state index is 12.5. The molecule has 3 nitrogen and oxygen atoms in total. The lowest BCUT2D eigenvalue weighted by Gasteiger charge is -2.09. The number of nitriles is 1. The summed E-state index contributed by atoms with van der Waals surface area (Å²) in [4.78, 5) is 12.5. The summed E-state index contributed by atoms with van der Waals surface area (Å²) >= 11 is 11.8. The van der Waals surface area contributed by atoms with Crippen LogP contribution in [0.25, 0.3) is 0 Å². The predicted molar refractivity (Wildman–Crippen MR) is 77.2 cm³/mol. The van der Waals surface area contributed by atoms with Crippen LogP contribution in [0.2, 0.25) is 10.0 Å². The number of rotatable bonds is 4. The van der Waals surface area contributed by atoms with Gasteiger partial charge in [-0.15, -0.1) is 0 Å². The van der Waals surface area contributed by atoms with Crippen LogP contribution in [0.15, 0.2) is 34.9 Å². The van der Waals surface area contributed by atoms with E-state index in [4.69, 9.17) is 27.6 Å². The highest BCUT2D eigenvalue weighted by Crippen LogP contribution is 2.29. The van der Waals surface area contributed by atoms with Crippen molar-refractivity contribution in [2.75, 3.05) is 0 Å². The van der Waals surface area contributed by atoms with E-state index in [0.717, 1.165) is 0 Å². The Labute approximate surface area is 126 Å². The monoisotopic (exact) mass is 307 g/mol. The van der Waals surface area contributed by atoms with Crippen LogP contribution < -0.4 is 0 Å². The van der Waals surface area contributed by atoms with E-state index in [2.05, 4.69) is 0 Å². The maximum atomic E-state index is 12.5. The number of halogens is 2. The molecule has 5 heteroatoms. The third-order valence-corrected chi connectivity index (χ3v) is 3.74. The maximum Gasteiger partial charge on any atom is 0.187 e. The minimum atomic E-state index is -0.923. The number of aryl methyl sites for hydroxylation is 1. The molecule has 0 amide bonds. The molecule has 102 valence electrons. The second-order valence-corrected chi connectivity index (χ2v) is 5.03. The number of furan rings is 1. The van der Waals surface area contributed by atoms with Gasteiger partial charge in [-0.25, -0.2) is 0 Å². The first-order valence-corrected chi connectivity index (χ1v) is 6.79. The molecular weight excluding hydrogens is 297 g/mol. The Morgan fingerprint density at radius 1 is 1.35 bits per heavy atom. The van der Waals surface area contributed by atoms with Gasteiger partial charge >= 0.3 is 0 Å². The van der Waals surface area contributed by atoms with Crippen LogP contribution in [-0.2, 0) is 6.42 Å². The minimum absolute atomic E-state index is 0.295. The third-order valence-electron chi connectivity index (χ3n) is 3.00. The average Bonchev–Trinajstić information content (AvgIpc) is 2.91. The summed E-state index contributed by atoms with van der Waals surface area (Å²) < 4.78 is 5.23. The van der Waals surface area contributed by atoms with Crippen LogP contribution in [0.5, 0.6) is 0 Å². The normalized spacial score (nSPS) is 11.9. The lowest BCUT2D eigenvalue weighted by atomic mass is 9.91. The molecule has 0 saturated carbocycles. The molecule has 2 aromatic rings. The van der Waals surface area contributed by atoms with E-state index in [1.807, 2.05) is 13.0 Å². The van der Waals surface area contributed by atoms with E-state index in [9.17, 15) is 10.1 Å². The van der Waals surface area contributed by atoms with Crippen LogP contribution in [0.4, 0.5) is 0 Å². The first kappa shape index (κ1) is 14.6. The molecular formula is C15H11Cl2NO2. The van der Waals surface area contributed by atoms with Crippen LogP contribution in [0.1, 0.15) is 34.5 Å². The van der Waals surface area contributed by atoms with Gasteiger partial charge in [0.2, 0.25) is 0 Å². The van der Waals surface area contributed by atoms with Crippen molar-refractivity contribution < 1.29 is 9.21 Å². The molecule has 1 aromatic carbocycles. The van der Waals surface area contributed by atoms with E-state index in [1.54, 1.807) is 24.3 Å². The van der Waals surface area contributed by atoms with Crippen molar-refractivity contribution in [2.45, 2.75) is 19.3 Å². The second kappa shape index (κ2) is 6.13. The highest BCUT2D eigenvalue weighted by atomic mass is 35.5. The fraction of sp³-hybridized carbons (Fsp3) is 0.200. The van der Waals surface area contributed by atoms with Crippen LogP contribution in [0.3, 0.4) is 0 Å². The van der Waals surface area contributed by atoms with E-state index >= 15 is 0 Å². The Kier molecular flexibility index (Phi) is 4.49. The SMILES string of the molecule is CCc1occc1C(=O)C(C#N)c1ccc(Cl)c(Cl)c1. The van der Waals surface area contributed by atoms with Gasteiger partial charge in [-0.05, 0) is 23.8 Å². The summed E-state index contributed by atoms with van der Waals surface area (Å²) in [5.41, 5.74) is 0.959. The smallest absolute Gasteiger partial charge is 0.187 e. The molecule has 0 aliphatic rings. The number of Topliss-reactive ketones (excluding diaryl/α,β-unsaturated/α-hetero) is 1. The Morgan fingerprint density at radius 2 is 2.10 bits per heavy atom.